The second-order valence-electron chi connectivity index (χ2n) is 3.77. The number of ketones is 1. The van der Waals surface area contributed by atoms with Crippen molar-refractivity contribution in [3.63, 3.8) is 0 Å². The molecule has 15 heavy (non-hydrogen) atoms. The van der Waals surface area contributed by atoms with Crippen molar-refractivity contribution in [2.75, 3.05) is 7.11 Å². The van der Waals surface area contributed by atoms with Crippen LogP contribution < -0.4 is 4.74 Å². The van der Waals surface area contributed by atoms with E-state index in [0.29, 0.717) is 12.0 Å². The summed E-state index contributed by atoms with van der Waals surface area (Å²) in [7, 11) is 1.43. The van der Waals surface area contributed by atoms with Gasteiger partial charge in [0.05, 0.1) is 7.11 Å². The zero-order chi connectivity index (χ0) is 10.8. The first kappa shape index (κ1) is 10.1. The molecule has 1 aliphatic carbocycles. The number of halogens is 1. The van der Waals surface area contributed by atoms with Gasteiger partial charge in [-0.25, -0.2) is 4.39 Å². The Morgan fingerprint density at radius 1 is 1.27 bits per heavy atom. The summed E-state index contributed by atoms with van der Waals surface area (Å²) >= 11 is 0. The maximum atomic E-state index is 13.4. The van der Waals surface area contributed by atoms with E-state index in [4.69, 9.17) is 4.74 Å². The van der Waals surface area contributed by atoms with Crippen LogP contribution in [0.3, 0.4) is 0 Å². The molecule has 2 rings (SSSR count). The van der Waals surface area contributed by atoms with Crippen LogP contribution in [-0.4, -0.2) is 12.9 Å². The minimum atomic E-state index is -0.452. The maximum Gasteiger partial charge on any atom is 0.165 e. The number of Topliss-reactive ketones (excluding diaryl/α,β-unsaturated/α-hetero) is 1. The summed E-state index contributed by atoms with van der Waals surface area (Å²) in [5.41, 5.74) is 1.45. The van der Waals surface area contributed by atoms with Crippen molar-refractivity contribution in [2.24, 2.45) is 0 Å². The van der Waals surface area contributed by atoms with Gasteiger partial charge in [0.1, 0.15) is 0 Å². The van der Waals surface area contributed by atoms with Crippen LogP contribution in [0, 0.1) is 5.82 Å². The molecule has 2 nitrogen and oxygen atoms in total. The highest BCUT2D eigenvalue weighted by atomic mass is 19.1. The summed E-state index contributed by atoms with van der Waals surface area (Å²) in [5.74, 6) is -0.181. The van der Waals surface area contributed by atoms with Crippen molar-refractivity contribution in [1.82, 2.24) is 0 Å². The van der Waals surface area contributed by atoms with Crippen molar-refractivity contribution in [3.8, 4) is 5.75 Å². The van der Waals surface area contributed by atoms with E-state index >= 15 is 0 Å². The molecule has 0 amide bonds. The van der Waals surface area contributed by atoms with Crippen LogP contribution in [0.1, 0.15) is 35.2 Å². The highest BCUT2D eigenvalue weighted by molar-refractivity contribution is 5.98. The summed E-state index contributed by atoms with van der Waals surface area (Å²) in [6.07, 6.45) is 3.22. The fraction of sp³-hybridized carbons (Fsp3) is 0.417. The van der Waals surface area contributed by atoms with Crippen molar-refractivity contribution >= 4 is 5.78 Å². The number of hydrogen-bond donors (Lipinski definition) is 0. The minimum Gasteiger partial charge on any atom is -0.494 e. The van der Waals surface area contributed by atoms with Gasteiger partial charge in [0.2, 0.25) is 0 Å². The summed E-state index contributed by atoms with van der Waals surface area (Å²) in [5, 5.41) is 0. The number of ether oxygens (including phenoxy) is 1. The van der Waals surface area contributed by atoms with Gasteiger partial charge in [0, 0.05) is 12.0 Å². The van der Waals surface area contributed by atoms with Crippen LogP contribution >= 0.6 is 0 Å². The predicted octanol–water partition coefficient (Wildman–Crippen LogP) is 2.74. The Morgan fingerprint density at radius 2 is 2.00 bits per heavy atom. The second kappa shape index (κ2) is 4.01. The lowest BCUT2D eigenvalue weighted by molar-refractivity contribution is 0.0981. The first-order valence-electron chi connectivity index (χ1n) is 5.12. The van der Waals surface area contributed by atoms with Crippen molar-refractivity contribution in [3.05, 3.63) is 29.1 Å². The molecule has 0 heterocycles. The average Bonchev–Trinajstić information content (AvgIpc) is 2.40. The number of hydrogen-bond acceptors (Lipinski definition) is 2. The molecular formula is C12H13FO2. The smallest absolute Gasteiger partial charge is 0.165 e. The Balaban J connectivity index is 2.51. The first-order valence-corrected chi connectivity index (χ1v) is 5.12. The van der Waals surface area contributed by atoms with Crippen molar-refractivity contribution in [2.45, 2.75) is 25.7 Å². The molecule has 3 heteroatoms. The molecule has 0 aromatic heterocycles. The molecule has 0 fully saturated rings. The molecule has 0 unspecified atom stereocenters. The van der Waals surface area contributed by atoms with Gasteiger partial charge < -0.3 is 4.74 Å². The van der Waals surface area contributed by atoms with E-state index in [2.05, 4.69) is 0 Å². The normalized spacial score (nSPS) is 15.7. The molecular weight excluding hydrogens is 195 g/mol. The van der Waals surface area contributed by atoms with E-state index in [1.54, 1.807) is 6.07 Å². The van der Waals surface area contributed by atoms with E-state index in [1.165, 1.54) is 13.2 Å². The lowest BCUT2D eigenvalue weighted by atomic mass is 10.0. The average molecular weight is 208 g/mol. The summed E-state index contributed by atoms with van der Waals surface area (Å²) < 4.78 is 18.3. The lowest BCUT2D eigenvalue weighted by Crippen LogP contribution is -2.02. The zero-order valence-electron chi connectivity index (χ0n) is 8.68. The zero-order valence-corrected chi connectivity index (χ0v) is 8.68. The van der Waals surface area contributed by atoms with Crippen LogP contribution in [0.4, 0.5) is 4.39 Å². The predicted molar refractivity (Wildman–Crippen MR) is 54.8 cm³/mol. The van der Waals surface area contributed by atoms with Crippen molar-refractivity contribution < 1.29 is 13.9 Å². The molecule has 0 atom stereocenters. The van der Waals surface area contributed by atoms with E-state index < -0.39 is 5.82 Å². The van der Waals surface area contributed by atoms with Gasteiger partial charge in [-0.1, -0.05) is 0 Å². The Bertz CT molecular complexity index is 399. The van der Waals surface area contributed by atoms with E-state index in [-0.39, 0.29) is 11.5 Å². The van der Waals surface area contributed by atoms with E-state index in [9.17, 15) is 9.18 Å². The molecule has 1 aromatic rings. The number of carbonyl (C=O) groups excluding carboxylic acids is 1. The fourth-order valence-electron chi connectivity index (χ4n) is 1.95. The van der Waals surface area contributed by atoms with Crippen molar-refractivity contribution in [1.29, 1.82) is 0 Å². The molecule has 1 aromatic carbocycles. The molecule has 0 aliphatic heterocycles. The second-order valence-corrected chi connectivity index (χ2v) is 3.77. The monoisotopic (exact) mass is 208 g/mol. The number of benzene rings is 1. The van der Waals surface area contributed by atoms with Gasteiger partial charge in [0.15, 0.2) is 17.3 Å². The third-order valence-electron chi connectivity index (χ3n) is 2.78. The standard InChI is InChI=1S/C12H13FO2/c1-15-12-6-8-4-2-3-5-11(14)9(8)7-10(12)13/h6-7H,2-5H2,1H3. The number of rotatable bonds is 1. The first-order chi connectivity index (χ1) is 7.22. The van der Waals surface area contributed by atoms with Gasteiger partial charge in [0.25, 0.3) is 0 Å². The molecule has 0 saturated heterocycles. The number of fused-ring (bicyclic) bond motifs is 1. The lowest BCUT2D eigenvalue weighted by Gasteiger charge is -2.08. The summed E-state index contributed by atoms with van der Waals surface area (Å²) in [4.78, 5) is 11.6. The molecule has 0 bridgehead atoms. The molecule has 1 aliphatic rings. The fourth-order valence-corrected chi connectivity index (χ4v) is 1.95. The quantitative estimate of drug-likeness (QED) is 0.663. The molecule has 0 N–H and O–H groups in total. The van der Waals surface area contributed by atoms with Crippen LogP contribution in [0.5, 0.6) is 5.75 Å². The molecule has 0 saturated carbocycles. The van der Waals surface area contributed by atoms with Gasteiger partial charge in [-0.3, -0.25) is 4.79 Å². The van der Waals surface area contributed by atoms with E-state index in [0.717, 1.165) is 24.8 Å². The SMILES string of the molecule is COc1cc2c(cc1F)C(=O)CCCC2. The Hall–Kier alpha value is -1.38. The molecule has 0 spiro atoms. The Kier molecular flexibility index (Phi) is 2.71. The van der Waals surface area contributed by atoms with Crippen LogP contribution in [0.2, 0.25) is 0 Å². The summed E-state index contributed by atoms with van der Waals surface area (Å²) in [6, 6.07) is 2.95. The number of aryl methyl sites for hydroxylation is 1. The van der Waals surface area contributed by atoms with Gasteiger partial charge in [-0.2, -0.15) is 0 Å². The third-order valence-corrected chi connectivity index (χ3v) is 2.78. The largest absolute Gasteiger partial charge is 0.494 e. The minimum absolute atomic E-state index is 0.0454. The Morgan fingerprint density at radius 3 is 2.73 bits per heavy atom. The van der Waals surface area contributed by atoms with Gasteiger partial charge in [-0.15, -0.1) is 0 Å². The molecule has 80 valence electrons. The topological polar surface area (TPSA) is 26.3 Å². The maximum absolute atomic E-state index is 13.4. The van der Waals surface area contributed by atoms with Gasteiger partial charge >= 0.3 is 0 Å². The highest BCUT2D eigenvalue weighted by Gasteiger charge is 2.18. The van der Waals surface area contributed by atoms with Crippen LogP contribution in [0.25, 0.3) is 0 Å². The van der Waals surface area contributed by atoms with E-state index in [1.807, 2.05) is 0 Å². The van der Waals surface area contributed by atoms with Crippen LogP contribution in [0.15, 0.2) is 12.1 Å². The third kappa shape index (κ3) is 1.87. The van der Waals surface area contributed by atoms with Gasteiger partial charge in [-0.05, 0) is 37.0 Å². The van der Waals surface area contributed by atoms with Crippen LogP contribution in [-0.2, 0) is 6.42 Å². The Labute approximate surface area is 88.1 Å². The highest BCUT2D eigenvalue weighted by Crippen LogP contribution is 2.27. The number of carbonyl (C=O) groups is 1. The molecule has 0 radical (unpaired) electrons. The number of methoxy groups -OCH3 is 1. The summed E-state index contributed by atoms with van der Waals surface area (Å²) in [6.45, 7) is 0.